The molecule has 0 radical (unpaired) electrons. The van der Waals surface area contributed by atoms with Gasteiger partial charge in [0.1, 0.15) is 6.04 Å². The number of aliphatic carboxylic acids is 1. The molecule has 1 unspecified atom stereocenters. The van der Waals surface area contributed by atoms with Crippen molar-refractivity contribution in [3.63, 3.8) is 0 Å². The third kappa shape index (κ3) is 5.86. The molecule has 0 saturated carbocycles. The van der Waals surface area contributed by atoms with Gasteiger partial charge in [-0.15, -0.1) is 0 Å². The van der Waals surface area contributed by atoms with E-state index < -0.39 is 30.4 Å². The highest BCUT2D eigenvalue weighted by Gasteiger charge is 2.49. The van der Waals surface area contributed by atoms with E-state index in [1.165, 1.54) is 7.11 Å². The zero-order valence-corrected chi connectivity index (χ0v) is 16.2. The summed E-state index contributed by atoms with van der Waals surface area (Å²) >= 11 is 1.79. The van der Waals surface area contributed by atoms with Gasteiger partial charge in [0.25, 0.3) is 0 Å². The van der Waals surface area contributed by atoms with Crippen LogP contribution in [-0.4, -0.2) is 65.2 Å². The lowest BCUT2D eigenvalue weighted by molar-refractivity contribution is -0.139. The average Bonchev–Trinajstić information content (AvgIpc) is 2.68. The van der Waals surface area contributed by atoms with Gasteiger partial charge in [-0.1, -0.05) is 13.8 Å². The number of rotatable bonds is 8. The molecule has 1 aliphatic rings. The standard InChI is InChI=1S/C16H29N3O5S/c1-15(2)8-25-16(3,4)14(15)19-13(23)10(7-24-5)18-12(22)9(17)6-11(20)21/h9-10,14H,6-8,17H2,1-5H3,(H,18,22)(H,19,23)(H,20,21)/t9-,10-,14?/m0/s1. The largest absolute Gasteiger partial charge is 0.481 e. The van der Waals surface area contributed by atoms with Crippen LogP contribution < -0.4 is 16.4 Å². The highest BCUT2D eigenvalue weighted by molar-refractivity contribution is 8.01. The number of amides is 2. The Balaban J connectivity index is 2.79. The second-order valence-electron chi connectivity index (χ2n) is 7.54. The van der Waals surface area contributed by atoms with E-state index in [1.54, 1.807) is 11.8 Å². The zero-order chi connectivity index (χ0) is 19.4. The van der Waals surface area contributed by atoms with Gasteiger partial charge in [-0.3, -0.25) is 14.4 Å². The molecular formula is C16H29N3O5S. The molecule has 0 aliphatic carbocycles. The summed E-state index contributed by atoms with van der Waals surface area (Å²) in [5.74, 6) is -1.33. The lowest BCUT2D eigenvalue weighted by Gasteiger charge is -2.36. The van der Waals surface area contributed by atoms with Gasteiger partial charge in [0, 0.05) is 23.7 Å². The van der Waals surface area contributed by atoms with Crippen molar-refractivity contribution in [2.45, 2.75) is 57.0 Å². The van der Waals surface area contributed by atoms with Crippen LogP contribution in [0.15, 0.2) is 0 Å². The first-order chi connectivity index (χ1) is 11.4. The molecule has 1 rings (SSSR count). The van der Waals surface area contributed by atoms with Crippen molar-refractivity contribution in [2.75, 3.05) is 19.5 Å². The van der Waals surface area contributed by atoms with E-state index in [0.717, 1.165) is 5.75 Å². The van der Waals surface area contributed by atoms with Gasteiger partial charge in [-0.25, -0.2) is 0 Å². The molecule has 0 bridgehead atoms. The van der Waals surface area contributed by atoms with Gasteiger partial charge < -0.3 is 26.2 Å². The van der Waals surface area contributed by atoms with Crippen molar-refractivity contribution >= 4 is 29.5 Å². The zero-order valence-electron chi connectivity index (χ0n) is 15.4. The fraction of sp³-hybridized carbons (Fsp3) is 0.812. The summed E-state index contributed by atoms with van der Waals surface area (Å²) < 4.78 is 4.88. The minimum absolute atomic E-state index is 0.0297. The van der Waals surface area contributed by atoms with Crippen LogP contribution in [0.25, 0.3) is 0 Å². The van der Waals surface area contributed by atoms with E-state index in [1.807, 2.05) is 0 Å². The van der Waals surface area contributed by atoms with E-state index in [4.69, 9.17) is 15.6 Å². The SMILES string of the molecule is COC[C@H](NC(=O)[C@@H](N)CC(=O)O)C(=O)NC1C(C)(C)CSC1(C)C. The quantitative estimate of drug-likeness (QED) is 0.468. The highest BCUT2D eigenvalue weighted by Crippen LogP contribution is 2.47. The van der Waals surface area contributed by atoms with Gasteiger partial charge in [0.05, 0.1) is 19.1 Å². The molecule has 1 aliphatic heterocycles. The van der Waals surface area contributed by atoms with E-state index in [0.29, 0.717) is 0 Å². The van der Waals surface area contributed by atoms with Crippen LogP contribution in [0.4, 0.5) is 0 Å². The van der Waals surface area contributed by atoms with Gasteiger partial charge >= 0.3 is 5.97 Å². The Labute approximate surface area is 152 Å². The molecule has 144 valence electrons. The number of hydrogen-bond acceptors (Lipinski definition) is 6. The van der Waals surface area contributed by atoms with Crippen LogP contribution in [0.1, 0.15) is 34.1 Å². The molecule has 9 heteroatoms. The van der Waals surface area contributed by atoms with Crippen molar-refractivity contribution in [2.24, 2.45) is 11.1 Å². The number of carbonyl (C=O) groups is 3. The molecule has 8 nitrogen and oxygen atoms in total. The first-order valence-corrected chi connectivity index (χ1v) is 9.10. The van der Waals surface area contributed by atoms with Crippen LogP contribution >= 0.6 is 11.8 Å². The summed E-state index contributed by atoms with van der Waals surface area (Å²) in [5.41, 5.74) is 5.45. The maximum absolute atomic E-state index is 12.7. The van der Waals surface area contributed by atoms with Gasteiger partial charge in [0.15, 0.2) is 0 Å². The third-order valence-electron chi connectivity index (χ3n) is 4.28. The average molecular weight is 375 g/mol. The molecule has 0 aromatic carbocycles. The summed E-state index contributed by atoms with van der Waals surface area (Å²) in [5, 5.41) is 14.2. The van der Waals surface area contributed by atoms with Gasteiger partial charge in [-0.2, -0.15) is 11.8 Å². The second-order valence-corrected chi connectivity index (χ2v) is 9.17. The highest BCUT2D eigenvalue weighted by atomic mass is 32.2. The van der Waals surface area contributed by atoms with E-state index >= 15 is 0 Å². The molecule has 2 amide bonds. The van der Waals surface area contributed by atoms with E-state index in [-0.39, 0.29) is 28.7 Å². The lowest BCUT2D eigenvalue weighted by atomic mass is 9.80. The Bertz CT molecular complexity index is 508. The minimum Gasteiger partial charge on any atom is -0.481 e. The molecule has 0 aromatic heterocycles. The number of carbonyl (C=O) groups excluding carboxylic acids is 2. The number of methoxy groups -OCH3 is 1. The van der Waals surface area contributed by atoms with Crippen LogP contribution in [-0.2, 0) is 19.1 Å². The second kappa shape index (κ2) is 8.37. The summed E-state index contributed by atoms with van der Waals surface area (Å²) in [4.78, 5) is 35.4. The van der Waals surface area contributed by atoms with E-state index in [9.17, 15) is 14.4 Å². The summed E-state index contributed by atoms with van der Waals surface area (Å²) in [6, 6.07) is -2.24. The molecule has 1 fully saturated rings. The molecule has 25 heavy (non-hydrogen) atoms. The lowest BCUT2D eigenvalue weighted by Crippen LogP contribution is -2.59. The Morgan fingerprint density at radius 2 is 1.88 bits per heavy atom. The number of thioether (sulfide) groups is 1. The van der Waals surface area contributed by atoms with Crippen LogP contribution in [0.3, 0.4) is 0 Å². The predicted molar refractivity (Wildman–Crippen MR) is 96.3 cm³/mol. The molecule has 1 heterocycles. The maximum Gasteiger partial charge on any atom is 0.305 e. The summed E-state index contributed by atoms with van der Waals surface area (Å²) in [7, 11) is 1.42. The molecule has 0 aromatic rings. The third-order valence-corrected chi connectivity index (χ3v) is 6.15. The number of carboxylic acid groups (broad SMARTS) is 1. The number of ether oxygens (including phenoxy) is 1. The van der Waals surface area contributed by atoms with Crippen LogP contribution in [0.2, 0.25) is 0 Å². The minimum atomic E-state index is -1.22. The van der Waals surface area contributed by atoms with Crippen LogP contribution in [0.5, 0.6) is 0 Å². The van der Waals surface area contributed by atoms with Crippen LogP contribution in [0, 0.1) is 5.41 Å². The van der Waals surface area contributed by atoms with Crippen molar-refractivity contribution in [3.05, 3.63) is 0 Å². The topological polar surface area (TPSA) is 131 Å². The smallest absolute Gasteiger partial charge is 0.305 e. The maximum atomic E-state index is 12.7. The molecular weight excluding hydrogens is 346 g/mol. The van der Waals surface area contributed by atoms with Gasteiger partial charge in [-0.05, 0) is 19.3 Å². The fourth-order valence-electron chi connectivity index (χ4n) is 3.00. The molecule has 3 atom stereocenters. The number of carboxylic acids is 1. The normalized spacial score (nSPS) is 23.5. The monoisotopic (exact) mass is 375 g/mol. The summed E-state index contributed by atoms with van der Waals surface area (Å²) in [6.07, 6.45) is -0.507. The van der Waals surface area contributed by atoms with Crippen molar-refractivity contribution in [1.29, 1.82) is 0 Å². The Kier molecular flexibility index (Phi) is 7.28. The number of nitrogens with two attached hydrogens (primary N) is 1. The first kappa shape index (κ1) is 21.7. The predicted octanol–water partition coefficient (Wildman–Crippen LogP) is -0.0440. The van der Waals surface area contributed by atoms with Crippen molar-refractivity contribution < 1.29 is 24.2 Å². The Morgan fingerprint density at radius 1 is 1.28 bits per heavy atom. The fourth-order valence-corrected chi connectivity index (χ4v) is 4.46. The molecule has 5 N–H and O–H groups in total. The van der Waals surface area contributed by atoms with Crippen molar-refractivity contribution in [3.8, 4) is 0 Å². The van der Waals surface area contributed by atoms with Gasteiger partial charge in [0.2, 0.25) is 11.8 Å². The van der Waals surface area contributed by atoms with Crippen molar-refractivity contribution in [1.82, 2.24) is 10.6 Å². The Hall–Kier alpha value is -1.32. The first-order valence-electron chi connectivity index (χ1n) is 8.11. The number of nitrogens with one attached hydrogen (secondary N) is 2. The molecule has 0 spiro atoms. The number of hydrogen-bond donors (Lipinski definition) is 4. The Morgan fingerprint density at radius 3 is 2.32 bits per heavy atom. The molecule has 1 saturated heterocycles. The summed E-state index contributed by atoms with van der Waals surface area (Å²) in [6.45, 7) is 8.30. The van der Waals surface area contributed by atoms with E-state index in [2.05, 4.69) is 38.3 Å².